The fourth-order valence-corrected chi connectivity index (χ4v) is 1.39. The molecule has 0 spiro atoms. The number of alkyl carbamates (subject to hydrolysis) is 1. The molecule has 0 rings (SSSR count). The van der Waals surface area contributed by atoms with E-state index in [9.17, 15) is 4.79 Å². The first-order chi connectivity index (χ1) is 8.28. The van der Waals surface area contributed by atoms with E-state index in [1.54, 1.807) is 0 Å². The lowest BCUT2D eigenvalue weighted by atomic mass is 10.1. The highest BCUT2D eigenvalue weighted by Crippen LogP contribution is 2.06. The zero-order valence-corrected chi connectivity index (χ0v) is 12.8. The van der Waals surface area contributed by atoms with E-state index in [0.29, 0.717) is 18.5 Å². The van der Waals surface area contributed by atoms with Gasteiger partial charge in [-0.3, -0.25) is 0 Å². The summed E-state index contributed by atoms with van der Waals surface area (Å²) >= 11 is 0. The molecule has 0 aliphatic carbocycles. The van der Waals surface area contributed by atoms with Gasteiger partial charge in [-0.15, -0.1) is 0 Å². The van der Waals surface area contributed by atoms with E-state index in [-0.39, 0.29) is 6.09 Å². The molecule has 0 bridgehead atoms. The van der Waals surface area contributed by atoms with Gasteiger partial charge in [-0.1, -0.05) is 27.2 Å². The van der Waals surface area contributed by atoms with Crippen molar-refractivity contribution in [3.63, 3.8) is 0 Å². The fraction of sp³-hybridized carbons (Fsp3) is 0.929. The van der Waals surface area contributed by atoms with Gasteiger partial charge in [0, 0.05) is 12.6 Å². The van der Waals surface area contributed by atoms with Crippen LogP contribution < -0.4 is 10.6 Å². The van der Waals surface area contributed by atoms with Gasteiger partial charge in [-0.25, -0.2) is 4.79 Å². The number of amides is 1. The molecule has 0 saturated heterocycles. The van der Waals surface area contributed by atoms with Crippen LogP contribution in [-0.2, 0) is 4.74 Å². The first-order valence-corrected chi connectivity index (χ1v) is 6.98. The Balaban J connectivity index is 3.89. The molecule has 0 aromatic carbocycles. The van der Waals surface area contributed by atoms with Crippen molar-refractivity contribution in [2.24, 2.45) is 5.92 Å². The largest absolute Gasteiger partial charge is 0.444 e. The molecule has 1 amide bonds. The number of ether oxygens (including phenoxy) is 1. The lowest BCUT2D eigenvalue weighted by Gasteiger charge is -2.23. The van der Waals surface area contributed by atoms with E-state index in [1.165, 1.54) is 6.42 Å². The highest BCUT2D eigenvalue weighted by Gasteiger charge is 2.17. The van der Waals surface area contributed by atoms with Crippen molar-refractivity contribution in [1.82, 2.24) is 10.6 Å². The van der Waals surface area contributed by atoms with Crippen LogP contribution in [0.1, 0.15) is 54.4 Å². The second-order valence-corrected chi connectivity index (χ2v) is 5.91. The molecule has 2 N–H and O–H groups in total. The summed E-state index contributed by atoms with van der Waals surface area (Å²) in [4.78, 5) is 11.5. The van der Waals surface area contributed by atoms with Crippen molar-refractivity contribution >= 4 is 6.09 Å². The average Bonchev–Trinajstić information content (AvgIpc) is 2.26. The Morgan fingerprint density at radius 3 is 2.22 bits per heavy atom. The van der Waals surface area contributed by atoms with Gasteiger partial charge in [0.05, 0.1) is 0 Å². The van der Waals surface area contributed by atoms with Crippen LogP contribution in [0.5, 0.6) is 0 Å². The average molecular weight is 258 g/mol. The zero-order valence-electron chi connectivity index (χ0n) is 12.8. The van der Waals surface area contributed by atoms with E-state index in [2.05, 4.69) is 31.4 Å². The number of rotatable bonds is 7. The minimum Gasteiger partial charge on any atom is -0.444 e. The Kier molecular flexibility index (Phi) is 8.00. The Hall–Kier alpha value is -0.770. The molecule has 0 aromatic rings. The third-order valence-electron chi connectivity index (χ3n) is 2.84. The van der Waals surface area contributed by atoms with Crippen LogP contribution in [0.4, 0.5) is 4.79 Å². The lowest BCUT2D eigenvalue weighted by Crippen LogP contribution is -2.43. The standard InChI is InChI=1S/C14H30N2O2/c1-7-11(3)9-15-12(8-2)10-16-13(17)18-14(4,5)6/h11-12,15H,7-10H2,1-6H3,(H,16,17). The Bertz CT molecular complexity index is 236. The number of hydrogen-bond acceptors (Lipinski definition) is 3. The van der Waals surface area contributed by atoms with Crippen LogP contribution in [0.2, 0.25) is 0 Å². The Morgan fingerprint density at radius 2 is 1.78 bits per heavy atom. The summed E-state index contributed by atoms with van der Waals surface area (Å²) in [5.41, 5.74) is -0.435. The fourth-order valence-electron chi connectivity index (χ4n) is 1.39. The Labute approximate surface area is 112 Å². The van der Waals surface area contributed by atoms with E-state index in [4.69, 9.17) is 4.74 Å². The van der Waals surface area contributed by atoms with E-state index < -0.39 is 5.60 Å². The highest BCUT2D eigenvalue weighted by molar-refractivity contribution is 5.67. The molecule has 2 atom stereocenters. The summed E-state index contributed by atoms with van der Waals surface area (Å²) in [6, 6.07) is 0.312. The van der Waals surface area contributed by atoms with Crippen LogP contribution in [-0.4, -0.2) is 30.8 Å². The van der Waals surface area contributed by atoms with E-state index in [0.717, 1.165) is 13.0 Å². The first kappa shape index (κ1) is 17.2. The summed E-state index contributed by atoms with van der Waals surface area (Å²) in [6.45, 7) is 13.7. The minimum atomic E-state index is -0.435. The third-order valence-corrected chi connectivity index (χ3v) is 2.84. The number of nitrogens with one attached hydrogen (secondary N) is 2. The van der Waals surface area contributed by atoms with Gasteiger partial charge in [0.25, 0.3) is 0 Å². The predicted octanol–water partition coefficient (Wildman–Crippen LogP) is 2.93. The summed E-state index contributed by atoms with van der Waals surface area (Å²) in [6.07, 6.45) is 1.82. The van der Waals surface area contributed by atoms with Gasteiger partial charge >= 0.3 is 6.09 Å². The second kappa shape index (κ2) is 8.35. The third kappa shape index (κ3) is 9.28. The molecule has 0 aromatic heterocycles. The topological polar surface area (TPSA) is 50.4 Å². The maximum absolute atomic E-state index is 11.5. The molecule has 0 fully saturated rings. The molecule has 0 aliphatic rings. The molecule has 18 heavy (non-hydrogen) atoms. The number of carbonyl (C=O) groups excluding carboxylic acids is 1. The summed E-state index contributed by atoms with van der Waals surface area (Å²) in [7, 11) is 0. The highest BCUT2D eigenvalue weighted by atomic mass is 16.6. The molecule has 2 unspecified atom stereocenters. The molecule has 0 heterocycles. The van der Waals surface area contributed by atoms with Crippen LogP contribution in [0.15, 0.2) is 0 Å². The van der Waals surface area contributed by atoms with Crippen molar-refractivity contribution < 1.29 is 9.53 Å². The summed E-state index contributed by atoms with van der Waals surface area (Å²) in [5, 5.41) is 6.28. The van der Waals surface area contributed by atoms with Crippen molar-refractivity contribution in [2.45, 2.75) is 66.0 Å². The van der Waals surface area contributed by atoms with Gasteiger partial charge in [0.1, 0.15) is 5.60 Å². The zero-order chi connectivity index (χ0) is 14.2. The van der Waals surface area contributed by atoms with E-state index in [1.807, 2.05) is 20.8 Å². The maximum atomic E-state index is 11.5. The SMILES string of the molecule is CCC(C)CNC(CC)CNC(=O)OC(C)(C)C. The molecule has 0 radical (unpaired) electrons. The van der Waals surface area contributed by atoms with E-state index >= 15 is 0 Å². The predicted molar refractivity (Wildman–Crippen MR) is 75.8 cm³/mol. The van der Waals surface area contributed by atoms with Crippen molar-refractivity contribution in [3.8, 4) is 0 Å². The van der Waals surface area contributed by atoms with Gasteiger partial charge in [-0.2, -0.15) is 0 Å². The second-order valence-electron chi connectivity index (χ2n) is 5.91. The molecular weight excluding hydrogens is 228 g/mol. The quantitative estimate of drug-likeness (QED) is 0.738. The van der Waals surface area contributed by atoms with Crippen molar-refractivity contribution in [3.05, 3.63) is 0 Å². The van der Waals surface area contributed by atoms with Gasteiger partial charge in [-0.05, 0) is 39.7 Å². The maximum Gasteiger partial charge on any atom is 0.407 e. The number of carbonyl (C=O) groups is 1. The van der Waals surface area contributed by atoms with Crippen LogP contribution in [0, 0.1) is 5.92 Å². The molecular formula is C14H30N2O2. The summed E-state index contributed by atoms with van der Waals surface area (Å²) in [5.74, 6) is 0.667. The van der Waals surface area contributed by atoms with Crippen LogP contribution >= 0.6 is 0 Å². The van der Waals surface area contributed by atoms with Crippen molar-refractivity contribution in [1.29, 1.82) is 0 Å². The molecule has 108 valence electrons. The van der Waals surface area contributed by atoms with Crippen LogP contribution in [0.3, 0.4) is 0 Å². The normalized spacial score (nSPS) is 15.0. The van der Waals surface area contributed by atoms with Gasteiger partial charge < -0.3 is 15.4 Å². The van der Waals surface area contributed by atoms with Gasteiger partial charge in [0.2, 0.25) is 0 Å². The minimum absolute atomic E-state index is 0.312. The van der Waals surface area contributed by atoms with Gasteiger partial charge in [0.15, 0.2) is 0 Å². The summed E-state index contributed by atoms with van der Waals surface area (Å²) < 4.78 is 5.20. The molecule has 0 saturated carbocycles. The van der Waals surface area contributed by atoms with Crippen molar-refractivity contribution in [2.75, 3.05) is 13.1 Å². The van der Waals surface area contributed by atoms with Crippen LogP contribution in [0.25, 0.3) is 0 Å². The Morgan fingerprint density at radius 1 is 1.17 bits per heavy atom. The molecule has 4 nitrogen and oxygen atoms in total. The smallest absolute Gasteiger partial charge is 0.407 e. The molecule has 0 aliphatic heterocycles. The number of hydrogen-bond donors (Lipinski definition) is 2. The lowest BCUT2D eigenvalue weighted by molar-refractivity contribution is 0.0522. The monoisotopic (exact) mass is 258 g/mol. The first-order valence-electron chi connectivity index (χ1n) is 6.98. The molecule has 4 heteroatoms.